The number of rotatable bonds is 5. The minimum atomic E-state index is 0.396. The first-order chi connectivity index (χ1) is 9.15. The van der Waals surface area contributed by atoms with Gasteiger partial charge in [0.1, 0.15) is 10.2 Å². The minimum absolute atomic E-state index is 0.396. The fourth-order valence-electron chi connectivity index (χ4n) is 1.46. The lowest BCUT2D eigenvalue weighted by atomic mass is 10.4. The molecule has 8 heteroatoms. The lowest BCUT2D eigenvalue weighted by Gasteiger charge is -2.10. The molecule has 0 radical (unpaired) electrons. The van der Waals surface area contributed by atoms with Crippen LogP contribution >= 0.6 is 38.9 Å². The Bertz CT molecular complexity index is 551. The summed E-state index contributed by atoms with van der Waals surface area (Å²) in [6.07, 6.45) is 1.59. The third-order valence-corrected chi connectivity index (χ3v) is 4.16. The molecule has 0 saturated heterocycles. The van der Waals surface area contributed by atoms with Gasteiger partial charge in [-0.05, 0) is 22.9 Å². The highest BCUT2D eigenvalue weighted by Crippen LogP contribution is 2.30. The molecule has 0 aromatic carbocycles. The number of nitrogens with one attached hydrogen (secondary N) is 1. The number of aromatic nitrogens is 3. The largest absolute Gasteiger partial charge is 0.378 e. The van der Waals surface area contributed by atoms with Gasteiger partial charge in [0, 0.05) is 13.7 Å². The van der Waals surface area contributed by atoms with Crippen LogP contribution in [-0.4, -0.2) is 28.6 Å². The summed E-state index contributed by atoms with van der Waals surface area (Å²) in [5, 5.41) is 3.87. The maximum Gasteiger partial charge on any atom is 0.191 e. The van der Waals surface area contributed by atoms with E-state index in [2.05, 4.69) is 36.2 Å². The highest BCUT2D eigenvalue weighted by atomic mass is 79.9. The fraction of sp³-hybridized carbons (Fsp3) is 0.364. The van der Waals surface area contributed by atoms with Crippen molar-refractivity contribution < 1.29 is 4.74 Å². The number of halogens is 2. The summed E-state index contributed by atoms with van der Waals surface area (Å²) in [7, 11) is 1.63. The Morgan fingerprint density at radius 1 is 1.47 bits per heavy atom. The van der Waals surface area contributed by atoms with Crippen molar-refractivity contribution in [3.63, 3.8) is 0 Å². The second kappa shape index (κ2) is 6.60. The highest BCUT2D eigenvalue weighted by Gasteiger charge is 2.15. The minimum Gasteiger partial charge on any atom is -0.378 e. The molecule has 0 aliphatic rings. The number of methoxy groups -OCH3 is 1. The molecule has 0 aliphatic heterocycles. The molecule has 0 spiro atoms. The van der Waals surface area contributed by atoms with E-state index in [1.54, 1.807) is 13.3 Å². The molecule has 1 N–H and O–H groups in total. The summed E-state index contributed by atoms with van der Waals surface area (Å²) in [5.41, 5.74) is 0.773. The van der Waals surface area contributed by atoms with Crippen LogP contribution in [0.3, 0.4) is 0 Å². The summed E-state index contributed by atoms with van der Waals surface area (Å²) in [6, 6.07) is 0. The zero-order chi connectivity index (χ0) is 13.8. The van der Waals surface area contributed by atoms with E-state index < -0.39 is 0 Å². The van der Waals surface area contributed by atoms with Crippen molar-refractivity contribution in [3.8, 4) is 10.8 Å². The quantitative estimate of drug-likeness (QED) is 0.879. The van der Waals surface area contributed by atoms with Crippen LogP contribution in [0.4, 0.5) is 5.82 Å². The molecule has 0 bridgehead atoms. The standard InChI is InChI=1S/C11H12BrClN4OS/c1-3-14-9-8(12)6(5-18-2)16-10(17-9)11-15-4-7(13)19-11/h4H,3,5H2,1-2H3,(H,14,16,17). The zero-order valence-corrected chi connectivity index (χ0v) is 13.6. The predicted octanol–water partition coefficient (Wildman–Crippen LogP) is 3.59. The lowest BCUT2D eigenvalue weighted by molar-refractivity contribution is 0.181. The van der Waals surface area contributed by atoms with Gasteiger partial charge in [0.2, 0.25) is 0 Å². The van der Waals surface area contributed by atoms with E-state index in [1.165, 1.54) is 11.3 Å². The second-order valence-corrected chi connectivity index (χ2v) is 6.04. The first-order valence-electron chi connectivity index (χ1n) is 5.56. The van der Waals surface area contributed by atoms with Gasteiger partial charge in [0.05, 0.1) is 23.0 Å². The smallest absolute Gasteiger partial charge is 0.191 e. The van der Waals surface area contributed by atoms with Gasteiger partial charge in [-0.25, -0.2) is 15.0 Å². The summed E-state index contributed by atoms with van der Waals surface area (Å²) < 4.78 is 6.57. The fourth-order valence-corrected chi connectivity index (χ4v) is 2.74. The molecule has 2 aromatic heterocycles. The van der Waals surface area contributed by atoms with Crippen molar-refractivity contribution in [1.82, 2.24) is 15.0 Å². The Kier molecular flexibility index (Phi) is 5.09. The molecular formula is C11H12BrClN4OS. The zero-order valence-electron chi connectivity index (χ0n) is 10.4. The molecule has 0 saturated carbocycles. The molecule has 0 fully saturated rings. The number of hydrogen-bond acceptors (Lipinski definition) is 6. The summed E-state index contributed by atoms with van der Waals surface area (Å²) in [6.45, 7) is 3.16. The number of anilines is 1. The Morgan fingerprint density at radius 2 is 2.26 bits per heavy atom. The van der Waals surface area contributed by atoms with E-state index in [1.807, 2.05) is 6.92 Å². The van der Waals surface area contributed by atoms with Gasteiger partial charge in [0.25, 0.3) is 0 Å². The van der Waals surface area contributed by atoms with E-state index >= 15 is 0 Å². The topological polar surface area (TPSA) is 59.9 Å². The van der Waals surface area contributed by atoms with Gasteiger partial charge in [-0.1, -0.05) is 22.9 Å². The number of ether oxygens (including phenoxy) is 1. The van der Waals surface area contributed by atoms with Crippen molar-refractivity contribution in [2.45, 2.75) is 13.5 Å². The maximum absolute atomic E-state index is 5.89. The lowest BCUT2D eigenvalue weighted by Crippen LogP contribution is -2.06. The Hall–Kier alpha value is -0.760. The van der Waals surface area contributed by atoms with Crippen LogP contribution in [0.5, 0.6) is 0 Å². The molecule has 0 atom stereocenters. The number of nitrogens with zero attached hydrogens (tertiary/aromatic N) is 3. The van der Waals surface area contributed by atoms with Gasteiger partial charge in [-0.15, -0.1) is 0 Å². The van der Waals surface area contributed by atoms with Crippen LogP contribution in [0.2, 0.25) is 4.34 Å². The molecule has 2 aromatic rings. The summed E-state index contributed by atoms with van der Waals surface area (Å²) >= 11 is 10.7. The number of thiazole rings is 1. The molecule has 2 rings (SSSR count). The van der Waals surface area contributed by atoms with E-state index in [4.69, 9.17) is 16.3 Å². The second-order valence-electron chi connectivity index (χ2n) is 3.59. The van der Waals surface area contributed by atoms with Gasteiger partial charge >= 0.3 is 0 Å². The molecule has 0 aliphatic carbocycles. The Morgan fingerprint density at radius 3 is 2.84 bits per heavy atom. The third-order valence-electron chi connectivity index (χ3n) is 2.21. The van der Waals surface area contributed by atoms with Crippen LogP contribution in [0.25, 0.3) is 10.8 Å². The normalized spacial score (nSPS) is 10.7. The van der Waals surface area contributed by atoms with Crippen LogP contribution < -0.4 is 5.32 Å². The predicted molar refractivity (Wildman–Crippen MR) is 80.7 cm³/mol. The summed E-state index contributed by atoms with van der Waals surface area (Å²) in [4.78, 5) is 13.1. The van der Waals surface area contributed by atoms with E-state index in [0.717, 1.165) is 22.5 Å². The van der Waals surface area contributed by atoms with Crippen molar-refractivity contribution in [2.24, 2.45) is 0 Å². The van der Waals surface area contributed by atoms with Crippen LogP contribution in [0, 0.1) is 0 Å². The molecule has 5 nitrogen and oxygen atoms in total. The van der Waals surface area contributed by atoms with Crippen LogP contribution in [-0.2, 0) is 11.3 Å². The monoisotopic (exact) mass is 362 g/mol. The first-order valence-corrected chi connectivity index (χ1v) is 7.55. The SMILES string of the molecule is CCNc1nc(-c2ncc(Cl)s2)nc(COC)c1Br. The third kappa shape index (κ3) is 3.42. The van der Waals surface area contributed by atoms with Crippen molar-refractivity contribution in [3.05, 3.63) is 20.7 Å². The van der Waals surface area contributed by atoms with Crippen LogP contribution in [0.1, 0.15) is 12.6 Å². The molecule has 0 amide bonds. The molecule has 0 unspecified atom stereocenters. The van der Waals surface area contributed by atoms with Gasteiger partial charge < -0.3 is 10.1 Å². The average Bonchev–Trinajstić information content (AvgIpc) is 2.81. The van der Waals surface area contributed by atoms with Crippen molar-refractivity contribution in [2.75, 3.05) is 19.0 Å². The number of hydrogen-bond donors (Lipinski definition) is 1. The average molecular weight is 364 g/mol. The van der Waals surface area contributed by atoms with Crippen molar-refractivity contribution >= 4 is 44.7 Å². The molecule has 102 valence electrons. The molecular weight excluding hydrogens is 352 g/mol. The maximum atomic E-state index is 5.89. The van der Waals surface area contributed by atoms with Gasteiger partial charge in [-0.2, -0.15) is 0 Å². The van der Waals surface area contributed by atoms with Gasteiger partial charge in [0.15, 0.2) is 10.8 Å². The summed E-state index contributed by atoms with van der Waals surface area (Å²) in [5.74, 6) is 1.27. The van der Waals surface area contributed by atoms with E-state index in [9.17, 15) is 0 Å². The Balaban J connectivity index is 2.48. The van der Waals surface area contributed by atoms with Gasteiger partial charge in [-0.3, -0.25) is 0 Å². The van der Waals surface area contributed by atoms with E-state index in [0.29, 0.717) is 21.8 Å². The highest BCUT2D eigenvalue weighted by molar-refractivity contribution is 9.10. The Labute approximate surface area is 128 Å². The molecule has 19 heavy (non-hydrogen) atoms. The van der Waals surface area contributed by atoms with Crippen LogP contribution in [0.15, 0.2) is 10.7 Å². The first kappa shape index (κ1) is 14.6. The van der Waals surface area contributed by atoms with Crippen molar-refractivity contribution in [1.29, 1.82) is 0 Å². The molecule has 2 heterocycles. The van der Waals surface area contributed by atoms with E-state index in [-0.39, 0.29) is 0 Å².